The van der Waals surface area contributed by atoms with Crippen molar-refractivity contribution in [1.82, 2.24) is 9.78 Å². The minimum Gasteiger partial charge on any atom is -0.370 e. The van der Waals surface area contributed by atoms with Gasteiger partial charge in [0.1, 0.15) is 5.82 Å². The number of anilines is 1. The van der Waals surface area contributed by atoms with Gasteiger partial charge < -0.3 is 5.32 Å². The Balaban J connectivity index is 2.10. The van der Waals surface area contributed by atoms with Gasteiger partial charge in [-0.2, -0.15) is 5.10 Å². The molecule has 1 N–H and O–H groups in total. The van der Waals surface area contributed by atoms with Crippen LogP contribution in [0.5, 0.6) is 0 Å². The Morgan fingerprint density at radius 1 is 1.32 bits per heavy atom. The van der Waals surface area contributed by atoms with Crippen molar-refractivity contribution < 1.29 is 0 Å². The van der Waals surface area contributed by atoms with E-state index in [4.69, 9.17) is 16.7 Å². The van der Waals surface area contributed by atoms with Crippen LogP contribution in [0.1, 0.15) is 49.4 Å². The van der Waals surface area contributed by atoms with Crippen LogP contribution in [0.15, 0.2) is 18.2 Å². The van der Waals surface area contributed by atoms with Gasteiger partial charge in [0.2, 0.25) is 0 Å². The summed E-state index contributed by atoms with van der Waals surface area (Å²) in [5.41, 5.74) is 4.94. The third kappa shape index (κ3) is 3.00. The highest BCUT2D eigenvalue weighted by Crippen LogP contribution is 2.31. The molecule has 1 aromatic carbocycles. The number of aromatic nitrogens is 2. The van der Waals surface area contributed by atoms with Crippen LogP contribution in [-0.4, -0.2) is 16.3 Å². The molecule has 0 amide bonds. The molecule has 0 unspecified atom stereocenters. The van der Waals surface area contributed by atoms with Crippen LogP contribution in [0.2, 0.25) is 5.02 Å². The van der Waals surface area contributed by atoms with Gasteiger partial charge in [-0.1, -0.05) is 31.0 Å². The third-order valence-electron chi connectivity index (χ3n) is 4.38. The number of rotatable bonds is 4. The Labute approximate surface area is 137 Å². The Hall–Kier alpha value is -1.48. The standard InChI is InChI=1S/C18H24ClN3/c1-3-4-8-16-15-7-5-6-11-20-18(15)22(21-16)17-12-14(19)10-9-13(17)2/h9-10,12,20H,3-8,11H2,1-2H3. The fourth-order valence-corrected chi connectivity index (χ4v) is 3.27. The lowest BCUT2D eigenvalue weighted by atomic mass is 10.1. The zero-order chi connectivity index (χ0) is 15.5. The topological polar surface area (TPSA) is 29.9 Å². The Morgan fingerprint density at radius 3 is 3.00 bits per heavy atom. The van der Waals surface area contributed by atoms with Crippen LogP contribution in [0, 0.1) is 6.92 Å². The molecule has 0 spiro atoms. The number of hydrogen-bond donors (Lipinski definition) is 1. The minimum atomic E-state index is 0.758. The van der Waals surface area contributed by atoms with E-state index in [9.17, 15) is 0 Å². The summed E-state index contributed by atoms with van der Waals surface area (Å²) in [6.07, 6.45) is 7.03. The second-order valence-corrected chi connectivity index (χ2v) is 6.54. The van der Waals surface area contributed by atoms with Crippen molar-refractivity contribution in [3.8, 4) is 5.69 Å². The SMILES string of the molecule is CCCCc1nn(-c2cc(Cl)ccc2C)c2c1CCCCN2. The van der Waals surface area contributed by atoms with Crippen LogP contribution in [-0.2, 0) is 12.8 Å². The third-order valence-corrected chi connectivity index (χ3v) is 4.61. The van der Waals surface area contributed by atoms with Gasteiger partial charge in [-0.15, -0.1) is 0 Å². The summed E-state index contributed by atoms with van der Waals surface area (Å²) in [5, 5.41) is 9.29. The lowest BCUT2D eigenvalue weighted by Crippen LogP contribution is -2.08. The molecule has 0 aliphatic carbocycles. The van der Waals surface area contributed by atoms with Gasteiger partial charge in [0.15, 0.2) is 0 Å². The number of nitrogens with one attached hydrogen (secondary N) is 1. The van der Waals surface area contributed by atoms with E-state index in [0.717, 1.165) is 30.1 Å². The Bertz CT molecular complexity index is 661. The van der Waals surface area contributed by atoms with E-state index in [1.54, 1.807) is 0 Å². The maximum Gasteiger partial charge on any atom is 0.133 e. The molecule has 0 fully saturated rings. The van der Waals surface area contributed by atoms with Crippen molar-refractivity contribution in [2.24, 2.45) is 0 Å². The van der Waals surface area contributed by atoms with E-state index < -0.39 is 0 Å². The zero-order valence-electron chi connectivity index (χ0n) is 13.5. The van der Waals surface area contributed by atoms with E-state index in [1.807, 2.05) is 12.1 Å². The maximum atomic E-state index is 6.21. The summed E-state index contributed by atoms with van der Waals surface area (Å²) in [5.74, 6) is 1.17. The number of benzene rings is 1. The van der Waals surface area contributed by atoms with E-state index >= 15 is 0 Å². The van der Waals surface area contributed by atoms with Gasteiger partial charge in [-0.25, -0.2) is 4.68 Å². The molecule has 4 heteroatoms. The molecule has 1 aliphatic rings. The minimum absolute atomic E-state index is 0.758. The van der Waals surface area contributed by atoms with Crippen molar-refractivity contribution in [3.05, 3.63) is 40.0 Å². The van der Waals surface area contributed by atoms with Gasteiger partial charge >= 0.3 is 0 Å². The fraction of sp³-hybridized carbons (Fsp3) is 0.500. The van der Waals surface area contributed by atoms with Crippen molar-refractivity contribution in [2.75, 3.05) is 11.9 Å². The lowest BCUT2D eigenvalue weighted by molar-refractivity contribution is 0.727. The number of unbranched alkanes of at least 4 members (excludes halogenated alkanes) is 1. The van der Waals surface area contributed by atoms with Crippen molar-refractivity contribution >= 4 is 17.4 Å². The number of nitrogens with zero attached hydrogens (tertiary/aromatic N) is 2. The zero-order valence-corrected chi connectivity index (χ0v) is 14.2. The highest BCUT2D eigenvalue weighted by atomic mass is 35.5. The van der Waals surface area contributed by atoms with E-state index in [2.05, 4.69) is 29.9 Å². The van der Waals surface area contributed by atoms with Crippen molar-refractivity contribution in [3.63, 3.8) is 0 Å². The van der Waals surface area contributed by atoms with Crippen LogP contribution >= 0.6 is 11.6 Å². The molecule has 22 heavy (non-hydrogen) atoms. The Morgan fingerprint density at radius 2 is 2.18 bits per heavy atom. The molecule has 2 heterocycles. The highest BCUT2D eigenvalue weighted by Gasteiger charge is 2.21. The molecule has 1 aliphatic heterocycles. The molecule has 3 nitrogen and oxygen atoms in total. The van der Waals surface area contributed by atoms with Crippen LogP contribution in [0.25, 0.3) is 5.69 Å². The van der Waals surface area contributed by atoms with Crippen molar-refractivity contribution in [1.29, 1.82) is 0 Å². The second-order valence-electron chi connectivity index (χ2n) is 6.10. The maximum absolute atomic E-state index is 6.21. The molecule has 0 bridgehead atoms. The van der Waals surface area contributed by atoms with E-state index in [1.165, 1.54) is 48.3 Å². The molecule has 0 radical (unpaired) electrons. The first-order valence-electron chi connectivity index (χ1n) is 8.32. The van der Waals surface area contributed by atoms with E-state index in [-0.39, 0.29) is 0 Å². The molecule has 2 aromatic rings. The molecule has 0 saturated carbocycles. The lowest BCUT2D eigenvalue weighted by Gasteiger charge is -2.12. The second kappa shape index (κ2) is 6.74. The van der Waals surface area contributed by atoms with Crippen LogP contribution in [0.4, 0.5) is 5.82 Å². The van der Waals surface area contributed by atoms with Gasteiger partial charge in [-0.3, -0.25) is 0 Å². The summed E-state index contributed by atoms with van der Waals surface area (Å²) in [7, 11) is 0. The molecule has 1 aromatic heterocycles. The summed E-state index contributed by atoms with van der Waals surface area (Å²) in [4.78, 5) is 0. The number of hydrogen-bond acceptors (Lipinski definition) is 2. The summed E-state index contributed by atoms with van der Waals surface area (Å²) in [6.45, 7) is 5.36. The summed E-state index contributed by atoms with van der Waals surface area (Å²) >= 11 is 6.21. The first-order chi connectivity index (χ1) is 10.7. The fourth-order valence-electron chi connectivity index (χ4n) is 3.10. The Kier molecular flexibility index (Phi) is 4.72. The normalized spacial score (nSPS) is 14.3. The van der Waals surface area contributed by atoms with Crippen LogP contribution in [0.3, 0.4) is 0 Å². The van der Waals surface area contributed by atoms with Gasteiger partial charge in [0.05, 0.1) is 11.4 Å². The molecule has 0 atom stereocenters. The number of fused-ring (bicyclic) bond motifs is 1. The summed E-state index contributed by atoms with van der Waals surface area (Å²) in [6, 6.07) is 6.02. The monoisotopic (exact) mass is 317 g/mol. The van der Waals surface area contributed by atoms with Gasteiger partial charge in [0.25, 0.3) is 0 Å². The first-order valence-corrected chi connectivity index (χ1v) is 8.69. The van der Waals surface area contributed by atoms with Gasteiger partial charge in [-0.05, 0) is 56.7 Å². The largest absolute Gasteiger partial charge is 0.370 e. The number of aryl methyl sites for hydroxylation is 2. The summed E-state index contributed by atoms with van der Waals surface area (Å²) < 4.78 is 2.08. The molecular formula is C18H24ClN3. The molecule has 3 rings (SSSR count). The average Bonchev–Trinajstić information content (AvgIpc) is 2.70. The average molecular weight is 318 g/mol. The predicted molar refractivity (Wildman–Crippen MR) is 93.4 cm³/mol. The molecule has 0 saturated heterocycles. The smallest absolute Gasteiger partial charge is 0.133 e. The quantitative estimate of drug-likeness (QED) is 0.867. The number of halogens is 1. The highest BCUT2D eigenvalue weighted by molar-refractivity contribution is 6.30. The van der Waals surface area contributed by atoms with E-state index in [0.29, 0.717) is 0 Å². The molecule has 118 valence electrons. The van der Waals surface area contributed by atoms with Crippen LogP contribution < -0.4 is 5.32 Å². The van der Waals surface area contributed by atoms with Crippen molar-refractivity contribution in [2.45, 2.75) is 52.4 Å². The first kappa shape index (κ1) is 15.4. The van der Waals surface area contributed by atoms with Gasteiger partial charge in [0, 0.05) is 17.1 Å². The predicted octanol–water partition coefficient (Wildman–Crippen LogP) is 4.92. The molecular weight excluding hydrogens is 294 g/mol.